The predicted octanol–water partition coefficient (Wildman–Crippen LogP) is -0.131. The van der Waals surface area contributed by atoms with Gasteiger partial charge in [-0.05, 0) is 18.9 Å². The molecule has 88 valence electrons. The highest BCUT2D eigenvalue weighted by atomic mass is 32.2. The Labute approximate surface area is 93.7 Å². The number of rotatable bonds is 5. The Bertz CT molecular complexity index is 246. The highest BCUT2D eigenvalue weighted by Gasteiger charge is 2.28. The van der Waals surface area contributed by atoms with Gasteiger partial charge < -0.3 is 10.6 Å². The summed E-state index contributed by atoms with van der Waals surface area (Å²) in [6, 6.07) is -0.0555. The zero-order valence-corrected chi connectivity index (χ0v) is 10.2. The normalized spacial score (nSPS) is 27.6. The van der Waals surface area contributed by atoms with Crippen molar-refractivity contribution in [1.82, 2.24) is 10.6 Å². The molecule has 3 atom stereocenters. The third-order valence-electron chi connectivity index (χ3n) is 2.77. The van der Waals surface area contributed by atoms with Crippen molar-refractivity contribution in [1.29, 1.82) is 0 Å². The summed E-state index contributed by atoms with van der Waals surface area (Å²) in [5.74, 6) is 1.67. The van der Waals surface area contributed by atoms with Crippen molar-refractivity contribution in [2.24, 2.45) is 5.92 Å². The van der Waals surface area contributed by atoms with Gasteiger partial charge >= 0.3 is 0 Å². The highest BCUT2D eigenvalue weighted by molar-refractivity contribution is 7.84. The van der Waals surface area contributed by atoms with Gasteiger partial charge in [-0.2, -0.15) is 0 Å². The Morgan fingerprint density at radius 1 is 1.60 bits per heavy atom. The predicted molar refractivity (Wildman–Crippen MR) is 62.1 cm³/mol. The van der Waals surface area contributed by atoms with Crippen LogP contribution in [0, 0.1) is 5.92 Å². The van der Waals surface area contributed by atoms with E-state index >= 15 is 0 Å². The molecular formula is C10H20N2O2S. The lowest BCUT2D eigenvalue weighted by molar-refractivity contribution is -0.123. The first kappa shape index (κ1) is 12.6. The van der Waals surface area contributed by atoms with Gasteiger partial charge in [0.25, 0.3) is 0 Å². The molecule has 0 aromatic heterocycles. The van der Waals surface area contributed by atoms with Crippen molar-refractivity contribution in [2.45, 2.75) is 26.3 Å². The minimum atomic E-state index is -0.789. The molecule has 4 nitrogen and oxygen atoms in total. The molecule has 2 N–H and O–H groups in total. The number of carbonyl (C=O) groups is 1. The first-order valence-corrected chi connectivity index (χ1v) is 7.00. The second-order valence-electron chi connectivity index (χ2n) is 3.92. The molecule has 1 rings (SSSR count). The van der Waals surface area contributed by atoms with Crippen molar-refractivity contribution in [3.63, 3.8) is 0 Å². The number of hydrogen-bond acceptors (Lipinski definition) is 3. The lowest BCUT2D eigenvalue weighted by Crippen LogP contribution is -2.44. The maximum absolute atomic E-state index is 11.7. The zero-order valence-electron chi connectivity index (χ0n) is 9.41. The van der Waals surface area contributed by atoms with E-state index in [1.54, 1.807) is 0 Å². The van der Waals surface area contributed by atoms with Gasteiger partial charge in [-0.15, -0.1) is 0 Å². The molecule has 1 saturated heterocycles. The zero-order chi connectivity index (χ0) is 11.3. The average molecular weight is 232 g/mol. The van der Waals surface area contributed by atoms with Crippen LogP contribution in [0.25, 0.3) is 0 Å². The molecule has 1 amide bonds. The number of hydrogen-bond donors (Lipinski definition) is 2. The Morgan fingerprint density at radius 3 is 2.87 bits per heavy atom. The van der Waals surface area contributed by atoms with Gasteiger partial charge in [-0.3, -0.25) is 9.00 Å². The fourth-order valence-corrected chi connectivity index (χ4v) is 2.35. The van der Waals surface area contributed by atoms with E-state index < -0.39 is 10.8 Å². The number of carbonyl (C=O) groups excluding carboxylic acids is 1. The summed E-state index contributed by atoms with van der Waals surface area (Å²) in [4.78, 5) is 11.7. The molecule has 1 aliphatic heterocycles. The largest absolute Gasteiger partial charge is 0.354 e. The fraction of sp³-hybridized carbons (Fsp3) is 0.900. The van der Waals surface area contributed by atoms with Crippen molar-refractivity contribution in [2.75, 3.05) is 24.6 Å². The lowest BCUT2D eigenvalue weighted by Gasteiger charge is -2.15. The molecule has 0 aliphatic carbocycles. The molecule has 1 fully saturated rings. The van der Waals surface area contributed by atoms with Crippen LogP contribution in [0.2, 0.25) is 0 Å². The van der Waals surface area contributed by atoms with Gasteiger partial charge in [0.2, 0.25) is 5.91 Å². The molecule has 0 aromatic rings. The van der Waals surface area contributed by atoms with Crippen molar-refractivity contribution in [3.8, 4) is 0 Å². The van der Waals surface area contributed by atoms with Crippen LogP contribution in [-0.2, 0) is 15.6 Å². The van der Waals surface area contributed by atoms with Crippen molar-refractivity contribution >= 4 is 16.7 Å². The highest BCUT2D eigenvalue weighted by Crippen LogP contribution is 2.13. The van der Waals surface area contributed by atoms with Gasteiger partial charge in [0.05, 0.1) is 6.04 Å². The summed E-state index contributed by atoms with van der Waals surface area (Å²) in [6.45, 7) is 5.40. The monoisotopic (exact) mass is 232 g/mol. The Balaban J connectivity index is 2.21. The van der Waals surface area contributed by atoms with E-state index in [2.05, 4.69) is 17.6 Å². The minimum absolute atomic E-state index is 0.0492. The minimum Gasteiger partial charge on any atom is -0.354 e. The topological polar surface area (TPSA) is 58.2 Å². The van der Waals surface area contributed by atoms with E-state index in [1.165, 1.54) is 0 Å². The van der Waals surface area contributed by atoms with Crippen LogP contribution in [0.4, 0.5) is 0 Å². The van der Waals surface area contributed by atoms with Crippen molar-refractivity contribution < 1.29 is 9.00 Å². The number of nitrogens with one attached hydrogen (secondary N) is 2. The summed E-state index contributed by atoms with van der Waals surface area (Å²) in [6.07, 6.45) is 1.05. The summed E-state index contributed by atoms with van der Waals surface area (Å²) in [5.41, 5.74) is 0. The van der Waals surface area contributed by atoms with Crippen LogP contribution in [-0.4, -0.2) is 40.8 Å². The Morgan fingerprint density at radius 2 is 2.33 bits per heavy atom. The standard InChI is InChI=1S/C10H20N2O2S/c1-3-15(14)7-6-12-10(13)9-8(2)4-5-11-9/h8-9,11H,3-7H2,1-2H3,(H,12,13). The van der Waals surface area contributed by atoms with Crippen LogP contribution in [0.5, 0.6) is 0 Å². The van der Waals surface area contributed by atoms with Gasteiger partial charge in [0.15, 0.2) is 0 Å². The third-order valence-corrected chi connectivity index (χ3v) is 4.07. The van der Waals surface area contributed by atoms with E-state index in [1.807, 2.05) is 6.92 Å². The first-order chi connectivity index (χ1) is 7.15. The fourth-order valence-electron chi connectivity index (χ4n) is 1.73. The molecule has 15 heavy (non-hydrogen) atoms. The van der Waals surface area contributed by atoms with Crippen LogP contribution in [0.3, 0.4) is 0 Å². The summed E-state index contributed by atoms with van der Waals surface area (Å²) >= 11 is 0. The summed E-state index contributed by atoms with van der Waals surface area (Å²) < 4.78 is 11.1. The maximum Gasteiger partial charge on any atom is 0.237 e. The molecule has 0 saturated carbocycles. The maximum atomic E-state index is 11.7. The van der Waals surface area contributed by atoms with Gasteiger partial charge in [-0.25, -0.2) is 0 Å². The van der Waals surface area contributed by atoms with Crippen molar-refractivity contribution in [3.05, 3.63) is 0 Å². The quantitative estimate of drug-likeness (QED) is 0.694. The Kier molecular flexibility index (Phi) is 5.25. The first-order valence-electron chi connectivity index (χ1n) is 5.51. The molecular weight excluding hydrogens is 212 g/mol. The molecule has 0 spiro atoms. The van der Waals surface area contributed by atoms with Crippen LogP contribution < -0.4 is 10.6 Å². The van der Waals surface area contributed by atoms with Gasteiger partial charge in [0.1, 0.15) is 0 Å². The third kappa shape index (κ3) is 3.91. The molecule has 0 aromatic carbocycles. The van der Waals surface area contributed by atoms with E-state index in [9.17, 15) is 9.00 Å². The molecule has 1 heterocycles. The smallest absolute Gasteiger partial charge is 0.237 e. The van der Waals surface area contributed by atoms with E-state index in [4.69, 9.17) is 0 Å². The SMILES string of the molecule is CCS(=O)CCNC(=O)C1NCCC1C. The van der Waals surface area contributed by atoms with Crippen LogP contribution >= 0.6 is 0 Å². The molecule has 3 unspecified atom stereocenters. The average Bonchev–Trinajstić information content (AvgIpc) is 2.64. The second kappa shape index (κ2) is 6.23. The van der Waals surface area contributed by atoms with Crippen LogP contribution in [0.1, 0.15) is 20.3 Å². The van der Waals surface area contributed by atoms with Gasteiger partial charge in [-0.1, -0.05) is 13.8 Å². The summed E-state index contributed by atoms with van der Waals surface area (Å²) in [7, 11) is -0.789. The van der Waals surface area contributed by atoms with Gasteiger partial charge in [0, 0.05) is 28.9 Å². The lowest BCUT2D eigenvalue weighted by atomic mass is 10.0. The van der Waals surface area contributed by atoms with E-state index in [-0.39, 0.29) is 11.9 Å². The second-order valence-corrected chi connectivity index (χ2v) is 5.79. The van der Waals surface area contributed by atoms with E-state index in [0.717, 1.165) is 13.0 Å². The Hall–Kier alpha value is -0.420. The molecule has 5 heteroatoms. The number of amides is 1. The molecule has 0 radical (unpaired) electrons. The molecule has 1 aliphatic rings. The summed E-state index contributed by atoms with van der Waals surface area (Å²) in [5, 5.41) is 6.00. The van der Waals surface area contributed by atoms with Crippen LogP contribution in [0.15, 0.2) is 0 Å². The molecule has 0 bridgehead atoms. The van der Waals surface area contributed by atoms with E-state index in [0.29, 0.717) is 24.0 Å².